The summed E-state index contributed by atoms with van der Waals surface area (Å²) < 4.78 is 0. The van der Waals surface area contributed by atoms with Crippen molar-refractivity contribution in [1.82, 2.24) is 4.90 Å². The first-order valence-corrected chi connectivity index (χ1v) is 8.46. The first kappa shape index (κ1) is 16.8. The van der Waals surface area contributed by atoms with Crippen LogP contribution in [-0.2, 0) is 6.42 Å². The van der Waals surface area contributed by atoms with Crippen molar-refractivity contribution in [1.29, 1.82) is 0 Å². The van der Waals surface area contributed by atoms with Gasteiger partial charge in [0.1, 0.15) is 0 Å². The zero-order valence-electron chi connectivity index (χ0n) is 14.6. The summed E-state index contributed by atoms with van der Waals surface area (Å²) in [5, 5.41) is 0. The van der Waals surface area contributed by atoms with Crippen LogP contribution in [-0.4, -0.2) is 23.5 Å². The first-order valence-electron chi connectivity index (χ1n) is 8.46. The van der Waals surface area contributed by atoms with Gasteiger partial charge in [-0.15, -0.1) is 0 Å². The number of fused-ring (bicyclic) bond motifs is 3. The molecule has 0 N–H and O–H groups in total. The van der Waals surface area contributed by atoms with E-state index in [9.17, 15) is 0 Å². The van der Waals surface area contributed by atoms with Crippen molar-refractivity contribution < 1.29 is 0 Å². The van der Waals surface area contributed by atoms with E-state index in [1.807, 2.05) is 0 Å². The smallest absolute Gasteiger partial charge is 0.00411 e. The molecule has 0 fully saturated rings. The van der Waals surface area contributed by atoms with Gasteiger partial charge in [0.15, 0.2) is 0 Å². The van der Waals surface area contributed by atoms with Crippen molar-refractivity contribution in [3.8, 4) is 11.1 Å². The highest BCUT2D eigenvalue weighted by Gasteiger charge is 2.15. The van der Waals surface area contributed by atoms with Crippen LogP contribution in [0.5, 0.6) is 0 Å². The van der Waals surface area contributed by atoms with E-state index < -0.39 is 0 Å². The van der Waals surface area contributed by atoms with E-state index in [1.165, 1.54) is 22.3 Å². The average molecular weight is 295 g/mol. The molecule has 0 radical (unpaired) electrons. The third-order valence-electron chi connectivity index (χ3n) is 4.40. The molecule has 0 bridgehead atoms. The Bertz CT molecular complexity index is 547. The van der Waals surface area contributed by atoms with Crippen LogP contribution in [0.2, 0.25) is 0 Å². The van der Waals surface area contributed by atoms with Gasteiger partial charge in [-0.2, -0.15) is 0 Å². The molecule has 1 aliphatic carbocycles. The van der Waals surface area contributed by atoms with Crippen LogP contribution in [0.25, 0.3) is 11.1 Å². The largest absolute Gasteiger partial charge is 0.299 e. The minimum atomic E-state index is 0.690. The van der Waals surface area contributed by atoms with Gasteiger partial charge < -0.3 is 0 Å². The SMILES string of the molecule is CCN(C(C)C)C(C)C.c1ccc2c(c1)Cc1ccccc1-2. The zero-order chi connectivity index (χ0) is 16.1. The van der Waals surface area contributed by atoms with Crippen LogP contribution in [0.15, 0.2) is 48.5 Å². The van der Waals surface area contributed by atoms with E-state index >= 15 is 0 Å². The van der Waals surface area contributed by atoms with Gasteiger partial charge in [0, 0.05) is 12.1 Å². The van der Waals surface area contributed by atoms with Crippen LogP contribution in [0, 0.1) is 0 Å². The van der Waals surface area contributed by atoms with E-state index in [4.69, 9.17) is 0 Å². The standard InChI is InChI=1S/C13H10.C8H19N/c1-3-7-12-10(5-1)9-11-6-2-4-8-13(11)12;1-6-9(7(2)3)8(4)5/h1-8H,9H2;7-8H,6H2,1-5H3. The van der Waals surface area contributed by atoms with Crippen LogP contribution in [0.3, 0.4) is 0 Å². The van der Waals surface area contributed by atoms with Crippen LogP contribution in [0.4, 0.5) is 0 Å². The molecule has 3 rings (SSSR count). The summed E-state index contributed by atoms with van der Waals surface area (Å²) in [6.07, 6.45) is 1.10. The van der Waals surface area contributed by atoms with Crippen LogP contribution < -0.4 is 0 Å². The molecular weight excluding hydrogens is 266 g/mol. The molecule has 0 aromatic heterocycles. The quantitative estimate of drug-likeness (QED) is 0.627. The minimum Gasteiger partial charge on any atom is -0.299 e. The maximum atomic E-state index is 2.46. The predicted octanol–water partition coefficient (Wildman–Crippen LogP) is 5.38. The highest BCUT2D eigenvalue weighted by Crippen LogP contribution is 2.35. The Labute approximate surface area is 136 Å². The van der Waals surface area contributed by atoms with E-state index in [0.29, 0.717) is 12.1 Å². The molecule has 2 aromatic rings. The summed E-state index contributed by atoms with van der Waals surface area (Å²) in [6.45, 7) is 12.3. The van der Waals surface area contributed by atoms with E-state index in [1.54, 1.807) is 0 Å². The molecule has 0 spiro atoms. The number of hydrogen-bond acceptors (Lipinski definition) is 1. The topological polar surface area (TPSA) is 3.24 Å². The molecule has 0 unspecified atom stereocenters. The molecule has 0 aliphatic heterocycles. The normalized spacial score (nSPS) is 12.2. The van der Waals surface area contributed by atoms with Crippen molar-refractivity contribution >= 4 is 0 Å². The summed E-state index contributed by atoms with van der Waals surface area (Å²) >= 11 is 0. The lowest BCUT2D eigenvalue weighted by molar-refractivity contribution is 0.185. The third kappa shape index (κ3) is 3.78. The Hall–Kier alpha value is -1.60. The van der Waals surface area contributed by atoms with Crippen molar-refractivity contribution in [2.24, 2.45) is 0 Å². The van der Waals surface area contributed by atoms with E-state index in [0.717, 1.165) is 13.0 Å². The molecule has 2 aromatic carbocycles. The predicted molar refractivity (Wildman–Crippen MR) is 97.3 cm³/mol. The maximum Gasteiger partial charge on any atom is 0.00411 e. The zero-order valence-corrected chi connectivity index (χ0v) is 14.6. The summed E-state index contributed by atoms with van der Waals surface area (Å²) in [5.41, 5.74) is 5.75. The fourth-order valence-corrected chi connectivity index (χ4v) is 3.41. The van der Waals surface area contributed by atoms with Crippen LogP contribution >= 0.6 is 0 Å². The van der Waals surface area contributed by atoms with Gasteiger partial charge in [-0.3, -0.25) is 4.90 Å². The monoisotopic (exact) mass is 295 g/mol. The Balaban J connectivity index is 0.000000175. The second-order valence-electron chi connectivity index (χ2n) is 6.51. The molecule has 0 saturated carbocycles. The van der Waals surface area contributed by atoms with Crippen molar-refractivity contribution in [2.75, 3.05) is 6.54 Å². The van der Waals surface area contributed by atoms with Gasteiger partial charge in [0.2, 0.25) is 0 Å². The number of benzene rings is 2. The van der Waals surface area contributed by atoms with Crippen molar-refractivity contribution in [2.45, 2.75) is 53.1 Å². The molecule has 0 saturated heterocycles. The minimum absolute atomic E-state index is 0.690. The van der Waals surface area contributed by atoms with E-state index in [2.05, 4.69) is 88.0 Å². The van der Waals surface area contributed by atoms with Crippen molar-refractivity contribution in [3.05, 3.63) is 59.7 Å². The molecule has 1 aliphatic rings. The van der Waals surface area contributed by atoms with Gasteiger partial charge in [-0.05, 0) is 62.9 Å². The molecule has 0 heterocycles. The number of nitrogens with zero attached hydrogens (tertiary/aromatic N) is 1. The summed E-state index contributed by atoms with van der Waals surface area (Å²) in [5.74, 6) is 0. The fraction of sp³-hybridized carbons (Fsp3) is 0.429. The van der Waals surface area contributed by atoms with Gasteiger partial charge in [0.05, 0.1) is 0 Å². The highest BCUT2D eigenvalue weighted by atomic mass is 15.2. The molecule has 0 amide bonds. The summed E-state index contributed by atoms with van der Waals surface area (Å²) in [4.78, 5) is 2.46. The first-order chi connectivity index (χ1) is 10.5. The lowest BCUT2D eigenvalue weighted by atomic mass is 10.1. The summed E-state index contributed by atoms with van der Waals surface area (Å²) in [6, 6.07) is 18.7. The molecule has 0 atom stereocenters. The maximum absolute atomic E-state index is 2.46. The lowest BCUT2D eigenvalue weighted by Crippen LogP contribution is -2.36. The Morgan fingerprint density at radius 1 is 0.773 bits per heavy atom. The Morgan fingerprint density at radius 3 is 1.50 bits per heavy atom. The Morgan fingerprint density at radius 2 is 1.18 bits per heavy atom. The van der Waals surface area contributed by atoms with Crippen molar-refractivity contribution in [3.63, 3.8) is 0 Å². The second-order valence-corrected chi connectivity index (χ2v) is 6.51. The molecule has 118 valence electrons. The fourth-order valence-electron chi connectivity index (χ4n) is 3.41. The van der Waals surface area contributed by atoms with Gasteiger partial charge in [-0.1, -0.05) is 55.5 Å². The van der Waals surface area contributed by atoms with Gasteiger partial charge >= 0.3 is 0 Å². The molecule has 22 heavy (non-hydrogen) atoms. The second kappa shape index (κ2) is 7.60. The molecule has 1 nitrogen and oxygen atoms in total. The van der Waals surface area contributed by atoms with E-state index in [-0.39, 0.29) is 0 Å². The number of hydrogen-bond donors (Lipinski definition) is 0. The average Bonchev–Trinajstić information content (AvgIpc) is 2.86. The highest BCUT2D eigenvalue weighted by molar-refractivity contribution is 5.76. The molecule has 1 heteroatoms. The van der Waals surface area contributed by atoms with Gasteiger partial charge in [0.25, 0.3) is 0 Å². The Kier molecular flexibility index (Phi) is 5.79. The number of rotatable bonds is 3. The lowest BCUT2D eigenvalue weighted by Gasteiger charge is -2.28. The van der Waals surface area contributed by atoms with Gasteiger partial charge in [-0.25, -0.2) is 0 Å². The third-order valence-corrected chi connectivity index (χ3v) is 4.40. The molecular formula is C21H29N. The summed E-state index contributed by atoms with van der Waals surface area (Å²) in [7, 11) is 0. The van der Waals surface area contributed by atoms with Crippen LogP contribution in [0.1, 0.15) is 45.7 Å².